The minimum Gasteiger partial charge on any atom is -0.439 e. The molecule has 0 saturated heterocycles. The zero-order valence-corrected chi connectivity index (χ0v) is 15.4. The van der Waals surface area contributed by atoms with E-state index in [-0.39, 0.29) is 17.0 Å². The molecular weight excluding hydrogens is 394 g/mol. The predicted molar refractivity (Wildman–Crippen MR) is 103 cm³/mol. The monoisotopic (exact) mass is 407 g/mol. The van der Waals surface area contributed by atoms with Crippen LogP contribution in [0.15, 0.2) is 69.3 Å². The molecule has 0 bridgehead atoms. The average molecular weight is 408 g/mol. The molecule has 5 nitrogen and oxygen atoms in total. The first kappa shape index (κ1) is 16.4. The van der Waals surface area contributed by atoms with E-state index in [9.17, 15) is 10.1 Å². The van der Waals surface area contributed by atoms with Crippen LogP contribution in [-0.2, 0) is 7.05 Å². The molecule has 0 amide bonds. The highest BCUT2D eigenvalue weighted by atomic mass is 79.9. The molecule has 2 aromatic carbocycles. The lowest BCUT2D eigenvalue weighted by Gasteiger charge is -2.28. The van der Waals surface area contributed by atoms with Crippen molar-refractivity contribution >= 4 is 26.8 Å². The topological polar surface area (TPSA) is 81.0 Å². The normalized spacial score (nSPS) is 16.1. The molecule has 0 fully saturated rings. The Labute approximate surface area is 158 Å². The van der Waals surface area contributed by atoms with Gasteiger partial charge in [-0.15, -0.1) is 0 Å². The largest absolute Gasteiger partial charge is 0.439 e. The maximum Gasteiger partial charge on any atom is 0.258 e. The first-order valence-electron chi connectivity index (χ1n) is 7.98. The third-order valence-corrected chi connectivity index (χ3v) is 5.40. The number of fused-ring (bicyclic) bond motifs is 3. The molecule has 2 N–H and O–H groups in total. The highest BCUT2D eigenvalue weighted by Crippen LogP contribution is 2.44. The van der Waals surface area contributed by atoms with E-state index in [1.807, 2.05) is 48.5 Å². The van der Waals surface area contributed by atoms with Crippen LogP contribution in [0.5, 0.6) is 5.75 Å². The van der Waals surface area contributed by atoms with Crippen LogP contribution >= 0.6 is 15.9 Å². The van der Waals surface area contributed by atoms with Gasteiger partial charge in [0.1, 0.15) is 17.4 Å². The van der Waals surface area contributed by atoms with Gasteiger partial charge in [-0.25, -0.2) is 0 Å². The summed E-state index contributed by atoms with van der Waals surface area (Å²) in [6.45, 7) is 0. The van der Waals surface area contributed by atoms with E-state index in [0.29, 0.717) is 11.3 Å². The van der Waals surface area contributed by atoms with Crippen molar-refractivity contribution in [1.82, 2.24) is 4.57 Å². The summed E-state index contributed by atoms with van der Waals surface area (Å²) >= 11 is 3.53. The van der Waals surface area contributed by atoms with Gasteiger partial charge in [-0.3, -0.25) is 4.79 Å². The molecule has 128 valence electrons. The summed E-state index contributed by atoms with van der Waals surface area (Å²) in [6, 6.07) is 17.1. The van der Waals surface area contributed by atoms with E-state index in [1.54, 1.807) is 11.6 Å². The average Bonchev–Trinajstić information content (AvgIpc) is 2.65. The first-order chi connectivity index (χ1) is 12.5. The number of aryl methyl sites for hydroxylation is 1. The molecule has 1 aliphatic rings. The van der Waals surface area contributed by atoms with Gasteiger partial charge in [0.05, 0.1) is 17.0 Å². The van der Waals surface area contributed by atoms with E-state index in [2.05, 4.69) is 22.0 Å². The molecule has 1 aliphatic heterocycles. The van der Waals surface area contributed by atoms with Crippen LogP contribution in [0.3, 0.4) is 0 Å². The van der Waals surface area contributed by atoms with Gasteiger partial charge in [0.2, 0.25) is 5.88 Å². The van der Waals surface area contributed by atoms with Crippen molar-refractivity contribution in [3.05, 3.63) is 85.9 Å². The fourth-order valence-electron chi connectivity index (χ4n) is 3.45. The maximum atomic E-state index is 13.2. The number of hydrogen-bond donors (Lipinski definition) is 1. The van der Waals surface area contributed by atoms with Gasteiger partial charge in [-0.05, 0) is 23.8 Å². The molecule has 0 saturated carbocycles. The van der Waals surface area contributed by atoms with Crippen LogP contribution < -0.4 is 16.0 Å². The number of aromatic nitrogens is 1. The van der Waals surface area contributed by atoms with Crippen molar-refractivity contribution in [2.24, 2.45) is 12.8 Å². The Morgan fingerprint density at radius 3 is 2.62 bits per heavy atom. The lowest BCUT2D eigenvalue weighted by Crippen LogP contribution is -2.31. The molecule has 1 atom stereocenters. The number of pyridine rings is 1. The second kappa shape index (κ2) is 6.04. The number of allylic oxidation sites excluding steroid dienone is 1. The quantitative estimate of drug-likeness (QED) is 0.668. The summed E-state index contributed by atoms with van der Waals surface area (Å²) in [4.78, 5) is 13.2. The van der Waals surface area contributed by atoms with Crippen LogP contribution in [0.4, 0.5) is 0 Å². The SMILES string of the molecule is Cn1c(=O)c2c(c3ccccc31)OC(N)=C(C#N)[C@H]2c1ccccc1Br. The number of nitrogens with zero attached hydrogens (tertiary/aromatic N) is 2. The number of halogens is 1. The number of hydrogen-bond acceptors (Lipinski definition) is 4. The molecule has 0 radical (unpaired) electrons. The summed E-state index contributed by atoms with van der Waals surface area (Å²) < 4.78 is 8.16. The van der Waals surface area contributed by atoms with Crippen LogP contribution in [-0.4, -0.2) is 4.57 Å². The van der Waals surface area contributed by atoms with Crippen molar-refractivity contribution in [2.75, 3.05) is 0 Å². The summed E-state index contributed by atoms with van der Waals surface area (Å²) in [5.74, 6) is -0.150. The van der Waals surface area contributed by atoms with E-state index in [4.69, 9.17) is 10.5 Å². The van der Waals surface area contributed by atoms with Crippen LogP contribution in [0.25, 0.3) is 10.9 Å². The van der Waals surface area contributed by atoms with Crippen molar-refractivity contribution in [2.45, 2.75) is 5.92 Å². The van der Waals surface area contributed by atoms with Gasteiger partial charge in [0, 0.05) is 16.9 Å². The highest BCUT2D eigenvalue weighted by molar-refractivity contribution is 9.10. The van der Waals surface area contributed by atoms with Crippen LogP contribution in [0.1, 0.15) is 17.0 Å². The van der Waals surface area contributed by atoms with Crippen molar-refractivity contribution in [3.8, 4) is 11.8 Å². The highest BCUT2D eigenvalue weighted by Gasteiger charge is 2.35. The van der Waals surface area contributed by atoms with E-state index >= 15 is 0 Å². The number of nitrogens with two attached hydrogens (primary N) is 1. The molecule has 2 heterocycles. The smallest absolute Gasteiger partial charge is 0.258 e. The molecule has 26 heavy (non-hydrogen) atoms. The zero-order chi connectivity index (χ0) is 18.4. The summed E-state index contributed by atoms with van der Waals surface area (Å²) in [6.07, 6.45) is 0. The number of benzene rings is 2. The minimum atomic E-state index is -0.595. The second-order valence-corrected chi connectivity index (χ2v) is 6.92. The lowest BCUT2D eigenvalue weighted by atomic mass is 9.83. The van der Waals surface area contributed by atoms with Gasteiger partial charge < -0.3 is 15.0 Å². The molecule has 0 aliphatic carbocycles. The molecule has 6 heteroatoms. The third kappa shape index (κ3) is 2.25. The molecule has 0 unspecified atom stereocenters. The molecule has 4 rings (SSSR count). The van der Waals surface area contributed by atoms with Gasteiger partial charge >= 0.3 is 0 Å². The zero-order valence-electron chi connectivity index (χ0n) is 13.9. The Hall–Kier alpha value is -3.04. The van der Waals surface area contributed by atoms with Gasteiger partial charge in [-0.2, -0.15) is 5.26 Å². The van der Waals surface area contributed by atoms with E-state index < -0.39 is 5.92 Å². The predicted octanol–water partition coefficient (Wildman–Crippen LogP) is 3.52. The lowest BCUT2D eigenvalue weighted by molar-refractivity contribution is 0.396. The van der Waals surface area contributed by atoms with E-state index in [0.717, 1.165) is 20.9 Å². The Morgan fingerprint density at radius 2 is 1.88 bits per heavy atom. The van der Waals surface area contributed by atoms with Crippen molar-refractivity contribution < 1.29 is 4.74 Å². The van der Waals surface area contributed by atoms with Crippen molar-refractivity contribution in [3.63, 3.8) is 0 Å². The summed E-state index contributed by atoms with van der Waals surface area (Å²) in [5.41, 5.74) is 8.06. The van der Waals surface area contributed by atoms with Crippen molar-refractivity contribution in [1.29, 1.82) is 5.26 Å². The minimum absolute atomic E-state index is 0.0270. The van der Waals surface area contributed by atoms with E-state index in [1.165, 1.54) is 0 Å². The molecular formula is C20H14BrN3O2. The fourth-order valence-corrected chi connectivity index (χ4v) is 3.96. The number of rotatable bonds is 1. The van der Waals surface area contributed by atoms with Crippen LogP contribution in [0, 0.1) is 11.3 Å². The maximum absolute atomic E-state index is 13.2. The third-order valence-electron chi connectivity index (χ3n) is 4.68. The summed E-state index contributed by atoms with van der Waals surface area (Å²) in [7, 11) is 1.72. The Balaban J connectivity index is 2.16. The Bertz CT molecular complexity index is 1190. The molecule has 0 spiro atoms. The number of para-hydroxylation sites is 1. The van der Waals surface area contributed by atoms with Gasteiger partial charge in [-0.1, -0.05) is 46.3 Å². The standard InChI is InChI=1S/C20H14BrN3O2/c1-24-15-9-5-3-7-12(15)18-17(20(24)25)16(13(10-22)19(23)26-18)11-6-2-4-8-14(11)21/h2-9,16H,23H2,1H3/t16-/m1/s1. The Morgan fingerprint density at radius 1 is 1.19 bits per heavy atom. The number of nitriles is 1. The van der Waals surface area contributed by atoms with Gasteiger partial charge in [0.15, 0.2) is 0 Å². The Kier molecular flexibility index (Phi) is 3.82. The first-order valence-corrected chi connectivity index (χ1v) is 8.77. The van der Waals surface area contributed by atoms with Crippen LogP contribution in [0.2, 0.25) is 0 Å². The number of ether oxygens (including phenoxy) is 1. The fraction of sp³-hybridized carbons (Fsp3) is 0.100. The van der Waals surface area contributed by atoms with Gasteiger partial charge in [0.25, 0.3) is 5.56 Å². The summed E-state index contributed by atoms with van der Waals surface area (Å²) in [5, 5.41) is 10.5. The second-order valence-electron chi connectivity index (χ2n) is 6.07. The molecule has 1 aromatic heterocycles. The molecule has 3 aromatic rings.